The first-order chi connectivity index (χ1) is 9.70. The first kappa shape index (κ1) is 13.8. The Morgan fingerprint density at radius 1 is 1.35 bits per heavy atom. The van der Waals surface area contributed by atoms with Gasteiger partial charge in [-0.25, -0.2) is 0 Å². The van der Waals surface area contributed by atoms with E-state index in [9.17, 15) is 4.79 Å². The van der Waals surface area contributed by atoms with E-state index in [0.717, 1.165) is 0 Å². The Morgan fingerprint density at radius 3 is 2.75 bits per heavy atom. The molecule has 100 valence electrons. The topological polar surface area (TPSA) is 75.0 Å². The second kappa shape index (κ2) is 6.55. The van der Waals surface area contributed by atoms with E-state index in [1.54, 1.807) is 30.3 Å². The predicted molar refractivity (Wildman–Crippen MR) is 74.8 cm³/mol. The molecule has 0 spiro atoms. The fraction of sp³-hybridized carbons (Fsp3) is 0.0714. The highest BCUT2D eigenvalue weighted by Gasteiger charge is 2.10. The van der Waals surface area contributed by atoms with Crippen molar-refractivity contribution in [2.45, 2.75) is 0 Å². The maximum Gasteiger partial charge on any atom is 0.257 e. The van der Waals surface area contributed by atoms with E-state index in [4.69, 9.17) is 21.6 Å². The number of rotatable bonds is 4. The fourth-order valence-electron chi connectivity index (χ4n) is 1.51. The van der Waals surface area contributed by atoms with Gasteiger partial charge in [-0.15, -0.1) is 0 Å². The highest BCUT2D eigenvalue weighted by molar-refractivity contribution is 6.34. The van der Waals surface area contributed by atoms with Crippen LogP contribution in [-0.2, 0) is 0 Å². The Morgan fingerprint density at radius 2 is 2.10 bits per heavy atom. The molecule has 0 radical (unpaired) electrons. The largest absolute Gasteiger partial charge is 0.479 e. The minimum atomic E-state index is -0.317. The quantitative estimate of drug-likeness (QED) is 0.938. The van der Waals surface area contributed by atoms with Crippen LogP contribution < -0.4 is 10.1 Å². The van der Waals surface area contributed by atoms with Crippen LogP contribution in [0.1, 0.15) is 10.4 Å². The van der Waals surface area contributed by atoms with Crippen LogP contribution >= 0.6 is 11.6 Å². The zero-order valence-electron chi connectivity index (χ0n) is 10.3. The minimum absolute atomic E-state index is 0.0155. The third-order valence-corrected chi connectivity index (χ3v) is 2.73. The Bertz CT molecular complexity index is 650. The van der Waals surface area contributed by atoms with Gasteiger partial charge in [0, 0.05) is 18.1 Å². The summed E-state index contributed by atoms with van der Waals surface area (Å²) in [5, 5.41) is 11.4. The zero-order chi connectivity index (χ0) is 14.4. The third-order valence-electron chi connectivity index (χ3n) is 2.43. The minimum Gasteiger partial charge on any atom is -0.479 e. The number of nitrogens with one attached hydrogen (secondary N) is 1. The number of pyridine rings is 1. The molecule has 0 fully saturated rings. The second-order valence-corrected chi connectivity index (χ2v) is 4.19. The highest BCUT2D eigenvalue weighted by Crippen LogP contribution is 2.18. The Hall–Kier alpha value is -2.58. The lowest BCUT2D eigenvalue weighted by Crippen LogP contribution is -2.12. The van der Waals surface area contributed by atoms with Crippen LogP contribution in [0, 0.1) is 11.3 Å². The molecule has 0 saturated heterocycles. The number of hydrogen-bond acceptors (Lipinski definition) is 4. The molecule has 0 aliphatic rings. The van der Waals surface area contributed by atoms with Crippen LogP contribution in [0.15, 0.2) is 42.7 Å². The average Bonchev–Trinajstić information content (AvgIpc) is 2.47. The van der Waals surface area contributed by atoms with E-state index in [1.165, 1.54) is 12.4 Å². The average molecular weight is 288 g/mol. The molecule has 0 aliphatic carbocycles. The molecular weight excluding hydrogens is 278 g/mol. The van der Waals surface area contributed by atoms with Gasteiger partial charge in [-0.1, -0.05) is 11.6 Å². The van der Waals surface area contributed by atoms with Crippen molar-refractivity contribution in [3.05, 3.63) is 53.3 Å². The second-order valence-electron chi connectivity index (χ2n) is 3.78. The van der Waals surface area contributed by atoms with Gasteiger partial charge >= 0.3 is 0 Å². The van der Waals surface area contributed by atoms with E-state index in [2.05, 4.69) is 10.3 Å². The number of amides is 1. The number of nitriles is 1. The SMILES string of the molecule is N#CCOc1ccc(NC(=O)c2ccncc2Cl)cc1. The van der Waals surface area contributed by atoms with Crippen molar-refractivity contribution in [2.24, 2.45) is 0 Å². The Kier molecular flexibility index (Phi) is 4.53. The number of carbonyl (C=O) groups excluding carboxylic acids is 1. The number of benzene rings is 1. The Balaban J connectivity index is 2.05. The van der Waals surface area contributed by atoms with Gasteiger partial charge in [0.2, 0.25) is 0 Å². The van der Waals surface area contributed by atoms with Gasteiger partial charge in [0.1, 0.15) is 11.8 Å². The highest BCUT2D eigenvalue weighted by atomic mass is 35.5. The summed E-state index contributed by atoms with van der Waals surface area (Å²) in [5.74, 6) is 0.245. The molecule has 0 unspecified atom stereocenters. The number of nitrogens with zero attached hydrogens (tertiary/aromatic N) is 2. The normalized spacial score (nSPS) is 9.60. The molecule has 5 nitrogen and oxygen atoms in total. The molecule has 2 rings (SSSR count). The summed E-state index contributed by atoms with van der Waals surface area (Å²) in [6, 6.07) is 10.1. The number of carbonyl (C=O) groups is 1. The molecular formula is C14H10ClN3O2. The van der Waals surface area contributed by atoms with Crippen molar-refractivity contribution < 1.29 is 9.53 Å². The summed E-state index contributed by atoms with van der Waals surface area (Å²) in [6.45, 7) is -0.0155. The smallest absolute Gasteiger partial charge is 0.257 e. The van der Waals surface area contributed by atoms with Crippen molar-refractivity contribution in [1.29, 1.82) is 5.26 Å². The lowest BCUT2D eigenvalue weighted by Gasteiger charge is -2.07. The first-order valence-electron chi connectivity index (χ1n) is 5.71. The van der Waals surface area contributed by atoms with Gasteiger partial charge in [-0.05, 0) is 30.3 Å². The molecule has 1 heterocycles. The van der Waals surface area contributed by atoms with Crippen LogP contribution in [0.2, 0.25) is 5.02 Å². The van der Waals surface area contributed by atoms with Crippen LogP contribution in [0.3, 0.4) is 0 Å². The van der Waals surface area contributed by atoms with Crippen LogP contribution in [0.5, 0.6) is 5.75 Å². The van der Waals surface area contributed by atoms with Gasteiger partial charge in [0.25, 0.3) is 5.91 Å². The molecule has 6 heteroatoms. The molecule has 20 heavy (non-hydrogen) atoms. The molecule has 0 saturated carbocycles. The standard InChI is InChI=1S/C14H10ClN3O2/c15-13-9-17-7-5-12(13)14(19)18-10-1-3-11(4-2-10)20-8-6-16/h1-5,7,9H,8H2,(H,18,19). The van der Waals surface area contributed by atoms with Gasteiger partial charge < -0.3 is 10.1 Å². The number of anilines is 1. The maximum atomic E-state index is 12.0. The monoisotopic (exact) mass is 287 g/mol. The van der Waals surface area contributed by atoms with Gasteiger partial charge in [0.15, 0.2) is 6.61 Å². The molecule has 1 aromatic carbocycles. The number of halogens is 1. The van der Waals surface area contributed by atoms with E-state index in [1.807, 2.05) is 6.07 Å². The molecule has 0 aliphatic heterocycles. The van der Waals surface area contributed by atoms with Gasteiger partial charge in [0.05, 0.1) is 10.6 Å². The van der Waals surface area contributed by atoms with Crippen LogP contribution in [0.4, 0.5) is 5.69 Å². The van der Waals surface area contributed by atoms with Gasteiger partial charge in [-0.2, -0.15) is 5.26 Å². The maximum absolute atomic E-state index is 12.0. The summed E-state index contributed by atoms with van der Waals surface area (Å²) in [6.07, 6.45) is 2.91. The summed E-state index contributed by atoms with van der Waals surface area (Å²) in [7, 11) is 0. The van der Waals surface area contributed by atoms with Crippen molar-refractivity contribution in [1.82, 2.24) is 4.98 Å². The molecule has 1 amide bonds. The lowest BCUT2D eigenvalue weighted by atomic mass is 10.2. The lowest BCUT2D eigenvalue weighted by molar-refractivity contribution is 0.102. The molecule has 0 atom stereocenters. The van der Waals surface area contributed by atoms with E-state index in [-0.39, 0.29) is 12.5 Å². The third kappa shape index (κ3) is 3.46. The van der Waals surface area contributed by atoms with Gasteiger partial charge in [-0.3, -0.25) is 9.78 Å². The van der Waals surface area contributed by atoms with E-state index in [0.29, 0.717) is 22.0 Å². The summed E-state index contributed by atoms with van der Waals surface area (Å²) < 4.78 is 5.12. The van der Waals surface area contributed by atoms with E-state index < -0.39 is 0 Å². The van der Waals surface area contributed by atoms with Crippen LogP contribution in [0.25, 0.3) is 0 Å². The summed E-state index contributed by atoms with van der Waals surface area (Å²) in [4.78, 5) is 15.8. The molecule has 2 aromatic rings. The van der Waals surface area contributed by atoms with Crippen molar-refractivity contribution in [2.75, 3.05) is 11.9 Å². The van der Waals surface area contributed by atoms with Crippen molar-refractivity contribution in [3.8, 4) is 11.8 Å². The zero-order valence-corrected chi connectivity index (χ0v) is 11.1. The van der Waals surface area contributed by atoms with E-state index >= 15 is 0 Å². The van der Waals surface area contributed by atoms with Crippen LogP contribution in [-0.4, -0.2) is 17.5 Å². The number of aromatic nitrogens is 1. The van der Waals surface area contributed by atoms with Crippen molar-refractivity contribution in [3.63, 3.8) is 0 Å². The number of hydrogen-bond donors (Lipinski definition) is 1. The Labute approximate surface area is 120 Å². The molecule has 1 N–H and O–H groups in total. The molecule has 0 bridgehead atoms. The predicted octanol–water partition coefficient (Wildman–Crippen LogP) is 2.89. The first-order valence-corrected chi connectivity index (χ1v) is 6.09. The molecule has 1 aromatic heterocycles. The number of ether oxygens (including phenoxy) is 1. The fourth-order valence-corrected chi connectivity index (χ4v) is 1.71. The summed E-state index contributed by atoms with van der Waals surface area (Å²) in [5.41, 5.74) is 0.957. The summed E-state index contributed by atoms with van der Waals surface area (Å²) >= 11 is 5.89. The van der Waals surface area contributed by atoms with Crippen molar-refractivity contribution >= 4 is 23.2 Å².